The van der Waals surface area contributed by atoms with Gasteiger partial charge in [-0.1, -0.05) is 23.2 Å². The number of nitrogens with two attached hydrogens (primary N) is 1. The van der Waals surface area contributed by atoms with Crippen LogP contribution in [0.3, 0.4) is 0 Å². The van der Waals surface area contributed by atoms with E-state index in [1.807, 2.05) is 4.98 Å². The van der Waals surface area contributed by atoms with Crippen LogP contribution in [0.5, 0.6) is 5.75 Å². The molecule has 0 aliphatic carbocycles. The van der Waals surface area contributed by atoms with Crippen molar-refractivity contribution in [2.24, 2.45) is 0 Å². The number of carboxylic acid groups (broad SMARTS) is 2. The van der Waals surface area contributed by atoms with Crippen LogP contribution < -0.4 is 16.0 Å². The lowest BCUT2D eigenvalue weighted by molar-refractivity contribution is 0.0695. The minimum absolute atomic E-state index is 0.00605. The lowest BCUT2D eigenvalue weighted by atomic mass is 9.94. The number of ether oxygens (including phenoxy) is 1. The summed E-state index contributed by atoms with van der Waals surface area (Å²) in [7, 11) is 1.25. The monoisotopic (exact) mass is 372 g/mol. The molecule has 1 aromatic heterocycles. The number of methoxy groups -OCH3 is 1. The Balaban J connectivity index is 3.11. The Morgan fingerprint density at radius 1 is 1.17 bits per heavy atom. The first kappa shape index (κ1) is 17.6. The number of aromatic amines is 1. The highest BCUT2D eigenvalue weighted by atomic mass is 35.5. The molecule has 2 aromatic rings. The third-order valence-electron chi connectivity index (χ3n) is 3.15. The maximum Gasteiger partial charge on any atom is 0.342 e. The Bertz CT molecular complexity index is 922. The van der Waals surface area contributed by atoms with Crippen molar-refractivity contribution in [1.29, 1.82) is 0 Å². The van der Waals surface area contributed by atoms with E-state index in [9.17, 15) is 24.6 Å². The Labute approximate surface area is 144 Å². The van der Waals surface area contributed by atoms with Gasteiger partial charge < -0.3 is 25.7 Å². The van der Waals surface area contributed by atoms with E-state index in [1.165, 1.54) is 19.2 Å². The second-order valence-corrected chi connectivity index (χ2v) is 5.42. The van der Waals surface area contributed by atoms with Gasteiger partial charge >= 0.3 is 11.9 Å². The summed E-state index contributed by atoms with van der Waals surface area (Å²) in [6.45, 7) is 0. The number of hydrogen-bond donors (Lipinski definition) is 4. The Hall–Kier alpha value is -2.71. The lowest BCUT2D eigenvalue weighted by Crippen LogP contribution is -2.24. The largest absolute Gasteiger partial charge is 0.495 e. The topological polar surface area (TPSA) is 143 Å². The number of hydrogen-bond acceptors (Lipinski definition) is 5. The number of nitrogens with one attached hydrogen (secondary N) is 1. The molecule has 0 fully saturated rings. The summed E-state index contributed by atoms with van der Waals surface area (Å²) < 4.78 is 5.11. The third-order valence-corrected chi connectivity index (χ3v) is 3.65. The van der Waals surface area contributed by atoms with E-state index in [0.717, 1.165) is 0 Å². The van der Waals surface area contributed by atoms with Crippen LogP contribution >= 0.6 is 23.2 Å². The van der Waals surface area contributed by atoms with Gasteiger partial charge in [0.25, 0.3) is 5.56 Å². The summed E-state index contributed by atoms with van der Waals surface area (Å²) in [6.07, 6.45) is 0. The number of H-pyrrole nitrogens is 1. The summed E-state index contributed by atoms with van der Waals surface area (Å²) in [6, 6.07) is 2.56. The van der Waals surface area contributed by atoms with Crippen LogP contribution in [0, 0.1) is 0 Å². The second-order valence-electron chi connectivity index (χ2n) is 4.57. The van der Waals surface area contributed by atoms with Crippen molar-refractivity contribution >= 4 is 41.0 Å². The molecule has 0 amide bonds. The minimum atomic E-state index is -1.65. The zero-order valence-corrected chi connectivity index (χ0v) is 13.5. The molecule has 8 nitrogen and oxygen atoms in total. The Morgan fingerprint density at radius 2 is 1.75 bits per heavy atom. The van der Waals surface area contributed by atoms with Crippen molar-refractivity contribution < 1.29 is 24.5 Å². The molecule has 24 heavy (non-hydrogen) atoms. The third kappa shape index (κ3) is 2.89. The smallest absolute Gasteiger partial charge is 0.342 e. The Morgan fingerprint density at radius 3 is 2.25 bits per heavy atom. The normalized spacial score (nSPS) is 10.5. The average Bonchev–Trinajstić information content (AvgIpc) is 2.44. The summed E-state index contributed by atoms with van der Waals surface area (Å²) in [5.74, 6) is -3.74. The van der Waals surface area contributed by atoms with E-state index in [-0.39, 0.29) is 21.4 Å². The first-order valence-electron chi connectivity index (χ1n) is 6.24. The van der Waals surface area contributed by atoms with Gasteiger partial charge in [0.1, 0.15) is 22.7 Å². The molecule has 0 unspecified atom stereocenters. The zero-order valence-electron chi connectivity index (χ0n) is 12.0. The van der Waals surface area contributed by atoms with E-state index in [2.05, 4.69) is 0 Å². The van der Waals surface area contributed by atoms with E-state index < -0.39 is 40.0 Å². The molecule has 0 radical (unpaired) electrons. The molecular weight excluding hydrogens is 363 g/mol. The fourth-order valence-electron chi connectivity index (χ4n) is 2.27. The molecule has 0 saturated heterocycles. The zero-order chi connectivity index (χ0) is 18.2. The quantitative estimate of drug-likeness (QED) is 0.644. The van der Waals surface area contributed by atoms with Crippen molar-refractivity contribution in [3.63, 3.8) is 0 Å². The number of aromatic nitrogens is 1. The number of anilines is 1. The number of carboxylic acids is 2. The lowest BCUT2D eigenvalue weighted by Gasteiger charge is -2.16. The highest BCUT2D eigenvalue weighted by Gasteiger charge is 2.29. The molecule has 5 N–H and O–H groups in total. The van der Waals surface area contributed by atoms with Gasteiger partial charge in [-0.25, -0.2) is 9.59 Å². The summed E-state index contributed by atoms with van der Waals surface area (Å²) in [5, 5.41) is 18.8. The van der Waals surface area contributed by atoms with Crippen LogP contribution in [0.25, 0.3) is 11.1 Å². The van der Waals surface area contributed by atoms with Gasteiger partial charge in [-0.2, -0.15) is 0 Å². The molecular formula is C14H10Cl2N2O6. The van der Waals surface area contributed by atoms with Gasteiger partial charge in [0.05, 0.1) is 12.1 Å². The van der Waals surface area contributed by atoms with Gasteiger partial charge in [-0.05, 0) is 12.1 Å². The van der Waals surface area contributed by atoms with Gasteiger partial charge in [0, 0.05) is 16.1 Å². The second kappa shape index (κ2) is 6.42. The number of benzene rings is 1. The van der Waals surface area contributed by atoms with Gasteiger partial charge in [0.15, 0.2) is 0 Å². The number of pyridine rings is 1. The molecule has 10 heteroatoms. The molecule has 0 saturated carbocycles. The van der Waals surface area contributed by atoms with Crippen LogP contribution in [0.2, 0.25) is 10.0 Å². The highest BCUT2D eigenvalue weighted by Crippen LogP contribution is 2.41. The molecule has 126 valence electrons. The SMILES string of the molecule is COc1c(Cl)cc(Cl)cc1-c1c(C(=O)O)c(N)[nH]c(=O)c1C(=O)O. The maximum atomic E-state index is 12.0. The fraction of sp³-hybridized carbons (Fsp3) is 0.0714. The summed E-state index contributed by atoms with van der Waals surface area (Å²) >= 11 is 11.9. The average molecular weight is 373 g/mol. The van der Waals surface area contributed by atoms with Crippen LogP contribution in [0.4, 0.5) is 5.82 Å². The van der Waals surface area contributed by atoms with Crippen LogP contribution in [-0.4, -0.2) is 34.2 Å². The van der Waals surface area contributed by atoms with Crippen LogP contribution in [0.1, 0.15) is 20.7 Å². The van der Waals surface area contributed by atoms with Crippen molar-refractivity contribution in [3.8, 4) is 16.9 Å². The molecule has 1 heterocycles. The molecule has 1 aromatic carbocycles. The number of aromatic carboxylic acids is 2. The molecule has 0 aliphatic heterocycles. The predicted molar refractivity (Wildman–Crippen MR) is 87.4 cm³/mol. The molecule has 0 spiro atoms. The first-order valence-corrected chi connectivity index (χ1v) is 7.00. The van der Waals surface area contributed by atoms with Crippen molar-refractivity contribution in [1.82, 2.24) is 4.98 Å². The molecule has 0 aliphatic rings. The van der Waals surface area contributed by atoms with Crippen LogP contribution in [0.15, 0.2) is 16.9 Å². The van der Waals surface area contributed by atoms with E-state index >= 15 is 0 Å². The van der Waals surface area contributed by atoms with Gasteiger partial charge in [-0.15, -0.1) is 0 Å². The van der Waals surface area contributed by atoms with Gasteiger partial charge in [-0.3, -0.25) is 4.79 Å². The number of halogens is 2. The summed E-state index contributed by atoms with van der Waals surface area (Å²) in [5.41, 5.74) is 2.53. The standard InChI is InChI=1S/C14H10Cl2N2O6/c1-24-10-5(2-4(15)3-6(10)16)7-8(13(20)21)11(17)18-12(19)9(7)14(22)23/h2-3H,1H3,(H,20,21)(H,22,23)(H3,17,18,19). The van der Waals surface area contributed by atoms with Gasteiger partial charge in [0.2, 0.25) is 0 Å². The highest BCUT2D eigenvalue weighted by molar-refractivity contribution is 6.36. The fourth-order valence-corrected chi connectivity index (χ4v) is 2.84. The molecule has 0 bridgehead atoms. The van der Waals surface area contributed by atoms with Crippen molar-refractivity contribution in [3.05, 3.63) is 43.7 Å². The first-order chi connectivity index (χ1) is 11.2. The summed E-state index contributed by atoms with van der Waals surface area (Å²) in [4.78, 5) is 37.1. The maximum absolute atomic E-state index is 12.0. The predicted octanol–water partition coefficient (Wildman–Crippen LogP) is 2.34. The van der Waals surface area contributed by atoms with Crippen molar-refractivity contribution in [2.75, 3.05) is 12.8 Å². The van der Waals surface area contributed by atoms with Crippen molar-refractivity contribution in [2.45, 2.75) is 0 Å². The van der Waals surface area contributed by atoms with E-state index in [1.54, 1.807) is 0 Å². The van der Waals surface area contributed by atoms with E-state index in [0.29, 0.717) is 0 Å². The number of rotatable bonds is 4. The molecule has 2 rings (SSSR count). The van der Waals surface area contributed by atoms with E-state index in [4.69, 9.17) is 33.7 Å². The number of carbonyl (C=O) groups is 2. The van der Waals surface area contributed by atoms with Crippen LogP contribution in [-0.2, 0) is 0 Å². The molecule has 0 atom stereocenters. The Kier molecular flexibility index (Phi) is 4.72. The number of nitrogen functional groups attached to an aromatic ring is 1. The minimum Gasteiger partial charge on any atom is -0.495 e.